The van der Waals surface area contributed by atoms with Crippen LogP contribution in [0.1, 0.15) is 23.6 Å². The minimum atomic E-state index is -0.459. The fourth-order valence-corrected chi connectivity index (χ4v) is 3.88. The van der Waals surface area contributed by atoms with Gasteiger partial charge < -0.3 is 14.2 Å². The van der Waals surface area contributed by atoms with E-state index in [1.165, 1.54) is 17.2 Å². The second-order valence-corrected chi connectivity index (χ2v) is 8.11. The zero-order valence-electron chi connectivity index (χ0n) is 20.8. The highest BCUT2D eigenvalue weighted by atomic mass is 16.6. The molecule has 1 aromatic heterocycles. The molecule has 0 atom stereocenters. The van der Waals surface area contributed by atoms with Gasteiger partial charge in [-0.3, -0.25) is 9.13 Å². The molecule has 0 aliphatic rings. The second kappa shape index (κ2) is 10.4. The fraction of sp³-hybridized carbons (Fsp3) is 0.346. The minimum Gasteiger partial charge on any atom is -0.493 e. The van der Waals surface area contributed by atoms with Crippen molar-refractivity contribution < 1.29 is 19.0 Å². The zero-order valence-corrected chi connectivity index (χ0v) is 20.8. The third-order valence-corrected chi connectivity index (χ3v) is 5.52. The standard InChI is InChI=1S/C26H31N3O5/c1-8-33-24(30)15-34-21-10-9-19(13-22(21)32-7)20-14-23(29(6)26(31)28(20)5)27-25-17(3)11-16(2)12-18(25)4/h9-14H,8,15H2,1-7H3. The van der Waals surface area contributed by atoms with Crippen molar-refractivity contribution >= 4 is 11.7 Å². The summed E-state index contributed by atoms with van der Waals surface area (Å²) in [5, 5.41) is 0. The molecule has 0 saturated carbocycles. The molecule has 0 bridgehead atoms. The van der Waals surface area contributed by atoms with E-state index in [4.69, 9.17) is 19.2 Å². The van der Waals surface area contributed by atoms with E-state index < -0.39 is 5.97 Å². The first-order valence-electron chi connectivity index (χ1n) is 11.0. The fourth-order valence-electron chi connectivity index (χ4n) is 3.88. The van der Waals surface area contributed by atoms with E-state index in [-0.39, 0.29) is 18.9 Å². The maximum atomic E-state index is 13.0. The van der Waals surface area contributed by atoms with Crippen LogP contribution >= 0.6 is 0 Å². The number of aromatic nitrogens is 2. The molecule has 0 aliphatic heterocycles. The molecule has 8 heteroatoms. The lowest BCUT2D eigenvalue weighted by molar-refractivity contribution is -0.145. The first-order valence-corrected chi connectivity index (χ1v) is 11.0. The Morgan fingerprint density at radius 3 is 2.26 bits per heavy atom. The van der Waals surface area contributed by atoms with Gasteiger partial charge in [0, 0.05) is 25.7 Å². The van der Waals surface area contributed by atoms with Crippen LogP contribution in [0.4, 0.5) is 5.69 Å². The number of methoxy groups -OCH3 is 1. The Labute approximate surface area is 199 Å². The van der Waals surface area contributed by atoms with E-state index >= 15 is 0 Å². The lowest BCUT2D eigenvalue weighted by Crippen LogP contribution is -2.37. The number of carbonyl (C=O) groups is 1. The number of hydrogen-bond donors (Lipinski definition) is 0. The highest BCUT2D eigenvalue weighted by Crippen LogP contribution is 2.32. The monoisotopic (exact) mass is 465 g/mol. The molecule has 0 fully saturated rings. The van der Waals surface area contributed by atoms with Crippen molar-refractivity contribution in [3.8, 4) is 22.8 Å². The molecule has 3 rings (SSSR count). The maximum Gasteiger partial charge on any atom is 0.344 e. The van der Waals surface area contributed by atoms with Gasteiger partial charge in [-0.05, 0) is 57.0 Å². The number of benzene rings is 2. The van der Waals surface area contributed by atoms with Crippen molar-refractivity contribution in [2.24, 2.45) is 19.1 Å². The molecular weight excluding hydrogens is 434 g/mol. The van der Waals surface area contributed by atoms with Crippen LogP contribution in [0.2, 0.25) is 0 Å². The Kier molecular flexibility index (Phi) is 7.61. The van der Waals surface area contributed by atoms with Gasteiger partial charge in [0.25, 0.3) is 0 Å². The summed E-state index contributed by atoms with van der Waals surface area (Å²) in [6.07, 6.45) is 0. The van der Waals surface area contributed by atoms with Crippen molar-refractivity contribution in [1.82, 2.24) is 9.13 Å². The predicted octanol–water partition coefficient (Wildman–Crippen LogP) is 3.50. The molecule has 0 amide bonds. The largest absolute Gasteiger partial charge is 0.493 e. The van der Waals surface area contributed by atoms with Crippen molar-refractivity contribution in [2.45, 2.75) is 27.7 Å². The molecule has 2 aromatic carbocycles. The molecule has 0 saturated heterocycles. The SMILES string of the molecule is CCOC(=O)COc1ccc(-c2cc(=Nc3c(C)cc(C)cc3C)n(C)c(=O)n2C)cc1OC. The molecule has 8 nitrogen and oxygen atoms in total. The minimum absolute atomic E-state index is 0.208. The summed E-state index contributed by atoms with van der Waals surface area (Å²) in [7, 11) is 4.93. The van der Waals surface area contributed by atoms with Crippen molar-refractivity contribution in [1.29, 1.82) is 0 Å². The first-order chi connectivity index (χ1) is 16.2. The highest BCUT2D eigenvalue weighted by Gasteiger charge is 2.13. The molecule has 1 heterocycles. The number of carbonyl (C=O) groups excluding carboxylic acids is 1. The number of esters is 1. The van der Waals surface area contributed by atoms with Gasteiger partial charge in [0.15, 0.2) is 18.1 Å². The molecule has 0 unspecified atom stereocenters. The Hall–Kier alpha value is -3.81. The van der Waals surface area contributed by atoms with E-state index in [1.807, 2.05) is 32.9 Å². The highest BCUT2D eigenvalue weighted by molar-refractivity contribution is 5.71. The molecular formula is C26H31N3O5. The van der Waals surface area contributed by atoms with Crippen LogP contribution in [-0.4, -0.2) is 35.4 Å². The van der Waals surface area contributed by atoms with Crippen LogP contribution in [0, 0.1) is 20.8 Å². The van der Waals surface area contributed by atoms with Crippen molar-refractivity contribution in [3.05, 3.63) is 69.1 Å². The van der Waals surface area contributed by atoms with Crippen LogP contribution in [0.3, 0.4) is 0 Å². The van der Waals surface area contributed by atoms with Crippen LogP contribution in [0.15, 0.2) is 46.2 Å². The van der Waals surface area contributed by atoms with E-state index in [1.54, 1.807) is 37.7 Å². The quantitative estimate of drug-likeness (QED) is 0.499. The summed E-state index contributed by atoms with van der Waals surface area (Å²) in [5.74, 6) is 0.382. The average Bonchev–Trinajstić information content (AvgIpc) is 2.80. The van der Waals surface area contributed by atoms with E-state index in [0.717, 1.165) is 22.4 Å². The molecule has 0 N–H and O–H groups in total. The van der Waals surface area contributed by atoms with Gasteiger partial charge >= 0.3 is 11.7 Å². The third kappa shape index (κ3) is 5.22. The smallest absolute Gasteiger partial charge is 0.344 e. The Bertz CT molecular complexity index is 1330. The third-order valence-electron chi connectivity index (χ3n) is 5.52. The lowest BCUT2D eigenvalue weighted by atomic mass is 10.1. The number of aryl methyl sites for hydroxylation is 3. The predicted molar refractivity (Wildman–Crippen MR) is 131 cm³/mol. The molecule has 3 aromatic rings. The summed E-state index contributed by atoms with van der Waals surface area (Å²) in [5.41, 5.74) is 5.85. The Morgan fingerprint density at radius 1 is 0.971 bits per heavy atom. The molecule has 34 heavy (non-hydrogen) atoms. The Balaban J connectivity index is 2.10. The van der Waals surface area contributed by atoms with E-state index in [9.17, 15) is 9.59 Å². The van der Waals surface area contributed by atoms with Gasteiger partial charge in [-0.1, -0.05) is 17.7 Å². The van der Waals surface area contributed by atoms with Crippen LogP contribution in [0.25, 0.3) is 11.3 Å². The van der Waals surface area contributed by atoms with Crippen molar-refractivity contribution in [2.75, 3.05) is 20.3 Å². The molecule has 0 spiro atoms. The summed E-state index contributed by atoms with van der Waals surface area (Å²) in [4.78, 5) is 29.5. The average molecular weight is 466 g/mol. The Morgan fingerprint density at radius 2 is 1.65 bits per heavy atom. The van der Waals surface area contributed by atoms with E-state index in [2.05, 4.69) is 12.1 Å². The van der Waals surface area contributed by atoms with E-state index in [0.29, 0.717) is 22.7 Å². The van der Waals surface area contributed by atoms with Crippen molar-refractivity contribution in [3.63, 3.8) is 0 Å². The normalized spacial score (nSPS) is 11.4. The summed E-state index contributed by atoms with van der Waals surface area (Å²) in [6.45, 7) is 7.88. The molecule has 0 aliphatic carbocycles. The van der Waals surface area contributed by atoms with Gasteiger partial charge in [-0.2, -0.15) is 0 Å². The second-order valence-electron chi connectivity index (χ2n) is 8.11. The van der Waals surface area contributed by atoms with Gasteiger partial charge in [-0.25, -0.2) is 14.6 Å². The summed E-state index contributed by atoms with van der Waals surface area (Å²) >= 11 is 0. The van der Waals surface area contributed by atoms with Crippen LogP contribution in [-0.2, 0) is 23.6 Å². The number of ether oxygens (including phenoxy) is 3. The van der Waals surface area contributed by atoms with Gasteiger partial charge in [0.2, 0.25) is 0 Å². The van der Waals surface area contributed by atoms with Crippen LogP contribution < -0.4 is 20.7 Å². The molecule has 180 valence electrons. The van der Waals surface area contributed by atoms with Gasteiger partial charge in [0.1, 0.15) is 5.49 Å². The van der Waals surface area contributed by atoms with Gasteiger partial charge in [0.05, 0.1) is 25.1 Å². The maximum absolute atomic E-state index is 13.0. The topological polar surface area (TPSA) is 84.0 Å². The first kappa shape index (κ1) is 24.8. The van der Waals surface area contributed by atoms with Crippen LogP contribution in [0.5, 0.6) is 11.5 Å². The summed E-state index contributed by atoms with van der Waals surface area (Å²) < 4.78 is 19.0. The number of rotatable bonds is 7. The lowest BCUT2D eigenvalue weighted by Gasteiger charge is -2.15. The molecule has 0 radical (unpaired) electrons. The number of hydrogen-bond acceptors (Lipinski definition) is 6. The zero-order chi connectivity index (χ0) is 25.0. The number of nitrogens with zero attached hydrogens (tertiary/aromatic N) is 3. The van der Waals surface area contributed by atoms with Gasteiger partial charge in [-0.15, -0.1) is 0 Å². The summed E-state index contributed by atoms with van der Waals surface area (Å²) in [6, 6.07) is 11.3.